The summed E-state index contributed by atoms with van der Waals surface area (Å²) >= 11 is 0. The van der Waals surface area contributed by atoms with Gasteiger partial charge in [0.05, 0.1) is 6.61 Å². The van der Waals surface area contributed by atoms with Gasteiger partial charge in [-0.25, -0.2) is 8.42 Å². The van der Waals surface area contributed by atoms with Crippen LogP contribution in [0.15, 0.2) is 47.4 Å². The van der Waals surface area contributed by atoms with Gasteiger partial charge in [-0.05, 0) is 56.5 Å². The van der Waals surface area contributed by atoms with Gasteiger partial charge in [0.15, 0.2) is 0 Å². The van der Waals surface area contributed by atoms with Crippen LogP contribution in [-0.2, 0) is 14.8 Å². The molecule has 0 atom stereocenters. The predicted molar refractivity (Wildman–Crippen MR) is 127 cm³/mol. The molecule has 0 radical (unpaired) electrons. The second-order valence-corrected chi connectivity index (χ2v) is 9.83. The Morgan fingerprint density at radius 2 is 1.79 bits per heavy atom. The van der Waals surface area contributed by atoms with E-state index in [-0.39, 0.29) is 35.4 Å². The summed E-state index contributed by atoms with van der Waals surface area (Å²) in [6, 6.07) is 11.9. The van der Waals surface area contributed by atoms with Crippen LogP contribution in [0.25, 0.3) is 0 Å². The molecule has 2 N–H and O–H groups in total. The van der Waals surface area contributed by atoms with Gasteiger partial charge >= 0.3 is 0 Å². The summed E-state index contributed by atoms with van der Waals surface area (Å²) in [5.41, 5.74) is 1.79. The number of aryl methyl sites for hydroxylation is 1. The first-order chi connectivity index (χ1) is 15.8. The van der Waals surface area contributed by atoms with Crippen molar-refractivity contribution in [3.63, 3.8) is 0 Å². The van der Waals surface area contributed by atoms with Crippen molar-refractivity contribution in [2.45, 2.75) is 44.4 Å². The average molecular weight is 474 g/mol. The van der Waals surface area contributed by atoms with Crippen molar-refractivity contribution in [1.29, 1.82) is 0 Å². The van der Waals surface area contributed by atoms with E-state index in [1.54, 1.807) is 31.2 Å². The second-order valence-electron chi connectivity index (χ2n) is 7.93. The maximum atomic E-state index is 13.2. The molecule has 1 saturated heterocycles. The van der Waals surface area contributed by atoms with Crippen molar-refractivity contribution in [3.8, 4) is 5.75 Å². The second kappa shape index (κ2) is 11.3. The summed E-state index contributed by atoms with van der Waals surface area (Å²) in [6.07, 6.45) is 2.72. The van der Waals surface area contributed by atoms with E-state index in [1.807, 2.05) is 19.1 Å². The molecule has 178 valence electrons. The molecule has 0 unspecified atom stereocenters. The first-order valence-corrected chi connectivity index (χ1v) is 12.7. The molecular weight excluding hydrogens is 442 g/mol. The van der Waals surface area contributed by atoms with Crippen molar-refractivity contribution in [3.05, 3.63) is 53.6 Å². The Bertz CT molecular complexity index is 1100. The van der Waals surface area contributed by atoms with E-state index in [9.17, 15) is 18.0 Å². The van der Waals surface area contributed by atoms with E-state index in [4.69, 9.17) is 4.74 Å². The highest BCUT2D eigenvalue weighted by Crippen LogP contribution is 2.31. The van der Waals surface area contributed by atoms with Crippen LogP contribution >= 0.6 is 0 Å². The highest BCUT2D eigenvalue weighted by atomic mass is 32.2. The zero-order valence-electron chi connectivity index (χ0n) is 19.1. The van der Waals surface area contributed by atoms with E-state index in [0.717, 1.165) is 24.8 Å². The van der Waals surface area contributed by atoms with Crippen LogP contribution < -0.4 is 15.4 Å². The van der Waals surface area contributed by atoms with Crippen LogP contribution in [0.4, 0.5) is 5.69 Å². The molecule has 0 bridgehead atoms. The Hall–Kier alpha value is -2.91. The third-order valence-electron chi connectivity index (χ3n) is 5.49. The Labute approximate surface area is 195 Å². The van der Waals surface area contributed by atoms with Gasteiger partial charge in [-0.15, -0.1) is 0 Å². The number of nitrogens with one attached hydrogen (secondary N) is 2. The zero-order chi connectivity index (χ0) is 23.8. The lowest BCUT2D eigenvalue weighted by Gasteiger charge is -2.27. The van der Waals surface area contributed by atoms with Gasteiger partial charge in [-0.1, -0.05) is 24.6 Å². The van der Waals surface area contributed by atoms with Gasteiger partial charge in [0.1, 0.15) is 10.6 Å². The largest absolute Gasteiger partial charge is 0.492 e. The van der Waals surface area contributed by atoms with Gasteiger partial charge in [-0.2, -0.15) is 4.31 Å². The summed E-state index contributed by atoms with van der Waals surface area (Å²) < 4.78 is 33.5. The predicted octanol–water partition coefficient (Wildman–Crippen LogP) is 3.33. The molecule has 0 aliphatic carbocycles. The number of piperidine rings is 1. The molecule has 2 aromatic rings. The number of hydrogen-bond acceptors (Lipinski definition) is 5. The fraction of sp³-hybridized carbons (Fsp3) is 0.417. The number of anilines is 1. The Morgan fingerprint density at radius 3 is 2.48 bits per heavy atom. The molecule has 1 heterocycles. The number of amides is 2. The van der Waals surface area contributed by atoms with Gasteiger partial charge in [0.2, 0.25) is 15.9 Å². The van der Waals surface area contributed by atoms with E-state index in [1.165, 1.54) is 10.4 Å². The number of carbonyl (C=O) groups excluding carboxylic acids is 2. The minimum atomic E-state index is -3.74. The highest BCUT2D eigenvalue weighted by Gasteiger charge is 2.29. The molecule has 3 rings (SSSR count). The number of hydrogen-bond donors (Lipinski definition) is 2. The fourth-order valence-electron chi connectivity index (χ4n) is 3.74. The lowest BCUT2D eigenvalue weighted by Crippen LogP contribution is -2.35. The molecular formula is C24H31N3O5S. The Kier molecular flexibility index (Phi) is 8.46. The smallest absolute Gasteiger partial charge is 0.251 e. The molecule has 2 aromatic carbocycles. The third kappa shape index (κ3) is 6.33. The standard InChI is InChI=1S/C24H31N3O5S/c1-3-32-21-12-11-19(17-22(21)33(30,31)27-15-7-4-8-16-27)26-23(28)13-14-25-24(29)20-10-6-5-9-18(20)2/h5-6,9-12,17H,3-4,7-8,13-16H2,1-2H3,(H,25,29)(H,26,28). The molecule has 2 amide bonds. The normalized spacial score (nSPS) is 14.5. The average Bonchev–Trinajstić information content (AvgIpc) is 2.81. The van der Waals surface area contributed by atoms with Crippen LogP contribution in [0.3, 0.4) is 0 Å². The topological polar surface area (TPSA) is 105 Å². The molecule has 33 heavy (non-hydrogen) atoms. The minimum absolute atomic E-state index is 0.0527. The Morgan fingerprint density at radius 1 is 1.06 bits per heavy atom. The minimum Gasteiger partial charge on any atom is -0.492 e. The Balaban J connectivity index is 1.65. The van der Waals surface area contributed by atoms with Crippen LogP contribution in [-0.4, -0.2) is 50.8 Å². The summed E-state index contributed by atoms with van der Waals surface area (Å²) in [4.78, 5) is 24.8. The maximum absolute atomic E-state index is 13.2. The monoisotopic (exact) mass is 473 g/mol. The van der Waals surface area contributed by atoms with E-state index in [0.29, 0.717) is 30.9 Å². The van der Waals surface area contributed by atoms with Crippen molar-refractivity contribution in [2.75, 3.05) is 31.6 Å². The fourth-order valence-corrected chi connectivity index (χ4v) is 5.42. The van der Waals surface area contributed by atoms with Gasteiger partial charge < -0.3 is 15.4 Å². The van der Waals surface area contributed by atoms with E-state index in [2.05, 4.69) is 10.6 Å². The number of nitrogens with zero attached hydrogens (tertiary/aromatic N) is 1. The maximum Gasteiger partial charge on any atom is 0.251 e. The number of sulfonamides is 1. The van der Waals surface area contributed by atoms with Gasteiger partial charge in [0, 0.05) is 37.3 Å². The van der Waals surface area contributed by atoms with Crippen molar-refractivity contribution >= 4 is 27.5 Å². The van der Waals surface area contributed by atoms with Crippen LogP contribution in [0, 0.1) is 6.92 Å². The number of carbonyl (C=O) groups is 2. The molecule has 1 aliphatic heterocycles. The van der Waals surface area contributed by atoms with Crippen molar-refractivity contribution < 1.29 is 22.7 Å². The third-order valence-corrected chi connectivity index (χ3v) is 7.41. The lowest BCUT2D eigenvalue weighted by molar-refractivity contribution is -0.116. The highest BCUT2D eigenvalue weighted by molar-refractivity contribution is 7.89. The first-order valence-electron chi connectivity index (χ1n) is 11.2. The number of ether oxygens (including phenoxy) is 1. The van der Waals surface area contributed by atoms with Crippen molar-refractivity contribution in [1.82, 2.24) is 9.62 Å². The SMILES string of the molecule is CCOc1ccc(NC(=O)CCNC(=O)c2ccccc2C)cc1S(=O)(=O)N1CCCCC1. The number of rotatable bonds is 9. The molecule has 1 aliphatic rings. The molecule has 1 fully saturated rings. The van der Waals surface area contributed by atoms with Crippen molar-refractivity contribution in [2.24, 2.45) is 0 Å². The molecule has 9 heteroatoms. The van der Waals surface area contributed by atoms with E-state index < -0.39 is 10.0 Å². The van der Waals surface area contributed by atoms with Gasteiger partial charge in [0.25, 0.3) is 5.91 Å². The zero-order valence-corrected chi connectivity index (χ0v) is 19.9. The molecule has 8 nitrogen and oxygen atoms in total. The molecule has 0 saturated carbocycles. The van der Waals surface area contributed by atoms with Crippen LogP contribution in [0.1, 0.15) is 48.5 Å². The van der Waals surface area contributed by atoms with Crippen LogP contribution in [0.5, 0.6) is 5.75 Å². The van der Waals surface area contributed by atoms with Gasteiger partial charge in [-0.3, -0.25) is 9.59 Å². The summed E-state index contributed by atoms with van der Waals surface area (Å²) in [5, 5.41) is 5.46. The van der Waals surface area contributed by atoms with Crippen LogP contribution in [0.2, 0.25) is 0 Å². The quantitative estimate of drug-likeness (QED) is 0.581. The first kappa shape index (κ1) is 24.7. The molecule has 0 aromatic heterocycles. The summed E-state index contributed by atoms with van der Waals surface area (Å²) in [6.45, 7) is 5.08. The van der Waals surface area contributed by atoms with E-state index >= 15 is 0 Å². The summed E-state index contributed by atoms with van der Waals surface area (Å²) in [7, 11) is -3.74. The lowest BCUT2D eigenvalue weighted by atomic mass is 10.1. The molecule has 0 spiro atoms. The number of benzene rings is 2. The summed E-state index contributed by atoms with van der Waals surface area (Å²) in [5.74, 6) is -0.297.